The molecule has 2 aliphatic carbocycles. The van der Waals surface area contributed by atoms with E-state index in [1.165, 1.54) is 25.7 Å². The van der Waals surface area contributed by atoms with Crippen LogP contribution in [0.4, 0.5) is 0 Å². The number of isocyanates is 2. The largest absolute Gasteiger partial charge is 0.231 e. The van der Waals surface area contributed by atoms with Gasteiger partial charge in [-0.1, -0.05) is 58.8 Å². The zero-order valence-electron chi connectivity index (χ0n) is 9.63. The van der Waals surface area contributed by atoms with Crippen molar-refractivity contribution in [2.45, 2.75) is 58.8 Å². The van der Waals surface area contributed by atoms with Crippen molar-refractivity contribution in [1.82, 2.24) is 0 Å². The molecule has 98 valence electrons. The lowest BCUT2D eigenvalue weighted by Crippen LogP contribution is -2.06. The summed E-state index contributed by atoms with van der Waals surface area (Å²) in [6, 6.07) is 0. The Balaban J connectivity index is 0. The minimum atomic E-state index is 0. The van der Waals surface area contributed by atoms with Gasteiger partial charge >= 0.3 is 0 Å². The fourth-order valence-corrected chi connectivity index (χ4v) is 2.86. The smallest absolute Gasteiger partial charge is 0.222 e. The number of rotatable bonds is 1. The van der Waals surface area contributed by atoms with Gasteiger partial charge in [0.1, 0.15) is 0 Å². The molecule has 2 fully saturated rings. The Morgan fingerprint density at radius 2 is 0.882 bits per heavy atom. The summed E-state index contributed by atoms with van der Waals surface area (Å²) in [4.78, 5) is 16.7. The molecule has 17 heavy (non-hydrogen) atoms. The van der Waals surface area contributed by atoms with Gasteiger partial charge in [-0.05, 0) is 11.8 Å². The molecule has 2 N–H and O–H groups in total. The molecule has 0 amide bonds. The normalized spacial score (nSPS) is 18.6. The maximum atomic E-state index is 8.35. The summed E-state index contributed by atoms with van der Waals surface area (Å²) in [5.74, 6) is 2.31. The minimum absolute atomic E-state index is 0. The van der Waals surface area contributed by atoms with Gasteiger partial charge in [0.25, 0.3) is 0 Å². The third-order valence-corrected chi connectivity index (χ3v) is 3.47. The highest BCUT2D eigenvalue weighted by Gasteiger charge is 2.26. The standard InChI is InChI=1S/C10H18.2CHNO.CH4/c1-2-6-9(5-1)10-7-3-4-8-10;2*2-1-3;/h9-10H,1-8H2;2*2H;1H4. The molecule has 0 aromatic heterocycles. The monoisotopic (exact) mass is 240 g/mol. The molecule has 2 saturated carbocycles. The second-order valence-corrected chi connectivity index (χ2v) is 4.29. The van der Waals surface area contributed by atoms with E-state index in [4.69, 9.17) is 20.4 Å². The SMILES string of the molecule is C.C1CCC(C2CCCC2)C1.N=C=O.N=C=O. The van der Waals surface area contributed by atoms with Crippen LogP contribution in [-0.2, 0) is 9.59 Å². The molecule has 0 bridgehead atoms. The first-order chi connectivity index (χ1) is 7.79. The molecule has 0 spiro atoms. The minimum Gasteiger partial charge on any atom is -0.222 e. The van der Waals surface area contributed by atoms with Crippen molar-refractivity contribution < 1.29 is 9.59 Å². The van der Waals surface area contributed by atoms with E-state index in [0.29, 0.717) is 0 Å². The number of hydrogen-bond donors (Lipinski definition) is 2. The topological polar surface area (TPSA) is 81.8 Å². The quantitative estimate of drug-likeness (QED) is 0.539. The Hall–Kier alpha value is -1.24. The van der Waals surface area contributed by atoms with Crippen molar-refractivity contribution in [3.63, 3.8) is 0 Å². The maximum Gasteiger partial charge on any atom is 0.231 e. The second kappa shape index (κ2) is 12.8. The van der Waals surface area contributed by atoms with Gasteiger partial charge in [-0.15, -0.1) is 0 Å². The first-order valence-corrected chi connectivity index (χ1v) is 5.87. The van der Waals surface area contributed by atoms with Crippen LogP contribution in [0.2, 0.25) is 0 Å². The fourth-order valence-electron chi connectivity index (χ4n) is 2.86. The molecular formula is C13H24N2O2. The number of carbonyl (C=O) groups excluding carboxylic acids is 2. The Bertz CT molecular complexity index is 204. The van der Waals surface area contributed by atoms with Crippen LogP contribution in [0.5, 0.6) is 0 Å². The lowest BCUT2D eigenvalue weighted by Gasteiger charge is -2.16. The van der Waals surface area contributed by atoms with E-state index in [2.05, 4.69) is 0 Å². The highest BCUT2D eigenvalue weighted by molar-refractivity contribution is 5.26. The van der Waals surface area contributed by atoms with Crippen LogP contribution in [-0.4, -0.2) is 12.2 Å². The molecule has 2 aliphatic rings. The van der Waals surface area contributed by atoms with Gasteiger partial charge in [0, 0.05) is 0 Å². The Labute approximate surface area is 104 Å². The third kappa shape index (κ3) is 8.56. The van der Waals surface area contributed by atoms with Gasteiger partial charge < -0.3 is 0 Å². The highest BCUT2D eigenvalue weighted by Crippen LogP contribution is 2.39. The third-order valence-electron chi connectivity index (χ3n) is 3.47. The molecule has 0 atom stereocenters. The van der Waals surface area contributed by atoms with Crippen LogP contribution in [0, 0.1) is 22.7 Å². The molecule has 0 saturated heterocycles. The number of nitrogens with one attached hydrogen (secondary N) is 2. The van der Waals surface area contributed by atoms with Crippen LogP contribution in [0.1, 0.15) is 58.8 Å². The molecule has 0 aromatic rings. The number of hydrogen-bond acceptors (Lipinski definition) is 4. The molecule has 0 aromatic carbocycles. The van der Waals surface area contributed by atoms with E-state index in [0.717, 1.165) is 24.0 Å². The average Bonchev–Trinajstić information content (AvgIpc) is 2.93. The average molecular weight is 240 g/mol. The van der Waals surface area contributed by atoms with Gasteiger partial charge in [0.15, 0.2) is 0 Å². The van der Waals surface area contributed by atoms with E-state index < -0.39 is 0 Å². The first kappa shape index (κ1) is 18.1. The zero-order chi connectivity index (χ0) is 12.2. The van der Waals surface area contributed by atoms with Crippen molar-refractivity contribution in [2.75, 3.05) is 0 Å². The van der Waals surface area contributed by atoms with Crippen LogP contribution >= 0.6 is 0 Å². The first-order valence-electron chi connectivity index (χ1n) is 5.87. The highest BCUT2D eigenvalue weighted by atomic mass is 16.1. The Kier molecular flexibility index (Phi) is 13.7. The Morgan fingerprint density at radius 1 is 0.706 bits per heavy atom. The maximum absolute atomic E-state index is 8.35. The summed E-state index contributed by atoms with van der Waals surface area (Å²) < 4.78 is 0. The summed E-state index contributed by atoms with van der Waals surface area (Å²) in [6.07, 6.45) is 13.9. The molecule has 0 unspecified atom stereocenters. The predicted octanol–water partition coefficient (Wildman–Crippen LogP) is 3.80. The molecular weight excluding hydrogens is 216 g/mol. The summed E-state index contributed by atoms with van der Waals surface area (Å²) >= 11 is 0. The summed E-state index contributed by atoms with van der Waals surface area (Å²) in [5, 5.41) is 10.8. The van der Waals surface area contributed by atoms with E-state index in [9.17, 15) is 0 Å². The molecule has 0 heterocycles. The van der Waals surface area contributed by atoms with Crippen molar-refractivity contribution in [3.05, 3.63) is 0 Å². The molecule has 2 rings (SSSR count). The summed E-state index contributed by atoms with van der Waals surface area (Å²) in [6.45, 7) is 0. The van der Waals surface area contributed by atoms with Crippen LogP contribution in [0.25, 0.3) is 0 Å². The second-order valence-electron chi connectivity index (χ2n) is 4.29. The molecule has 0 radical (unpaired) electrons. The van der Waals surface area contributed by atoms with Crippen LogP contribution in [0.15, 0.2) is 0 Å². The van der Waals surface area contributed by atoms with Crippen LogP contribution < -0.4 is 0 Å². The van der Waals surface area contributed by atoms with E-state index in [1.54, 1.807) is 25.7 Å². The van der Waals surface area contributed by atoms with E-state index in [1.807, 2.05) is 0 Å². The summed E-state index contributed by atoms with van der Waals surface area (Å²) in [7, 11) is 0. The molecule has 4 heteroatoms. The van der Waals surface area contributed by atoms with Crippen molar-refractivity contribution in [2.24, 2.45) is 11.8 Å². The van der Waals surface area contributed by atoms with Gasteiger partial charge in [-0.3, -0.25) is 0 Å². The van der Waals surface area contributed by atoms with Crippen molar-refractivity contribution in [1.29, 1.82) is 10.8 Å². The molecule has 4 nitrogen and oxygen atoms in total. The van der Waals surface area contributed by atoms with Crippen molar-refractivity contribution >= 4 is 12.2 Å². The van der Waals surface area contributed by atoms with Gasteiger partial charge in [0.05, 0.1) is 0 Å². The zero-order valence-corrected chi connectivity index (χ0v) is 9.63. The van der Waals surface area contributed by atoms with E-state index >= 15 is 0 Å². The van der Waals surface area contributed by atoms with Gasteiger partial charge in [-0.25, -0.2) is 20.4 Å². The van der Waals surface area contributed by atoms with Gasteiger partial charge in [-0.2, -0.15) is 0 Å². The van der Waals surface area contributed by atoms with Crippen molar-refractivity contribution in [3.8, 4) is 0 Å². The lowest BCUT2D eigenvalue weighted by molar-refractivity contribution is 0.347. The van der Waals surface area contributed by atoms with Gasteiger partial charge in [0.2, 0.25) is 12.2 Å². The fraction of sp³-hybridized carbons (Fsp3) is 0.846. The lowest BCUT2D eigenvalue weighted by atomic mass is 9.90. The van der Waals surface area contributed by atoms with Crippen LogP contribution in [0.3, 0.4) is 0 Å². The molecule has 0 aliphatic heterocycles. The van der Waals surface area contributed by atoms with E-state index in [-0.39, 0.29) is 7.43 Å². The Morgan fingerprint density at radius 3 is 1.06 bits per heavy atom. The predicted molar refractivity (Wildman–Crippen MR) is 67.5 cm³/mol. The summed E-state index contributed by atoms with van der Waals surface area (Å²) in [5.41, 5.74) is 0.